The number of nitrogens with one attached hydrogen (secondary N) is 1. The lowest BCUT2D eigenvalue weighted by atomic mass is 9.90. The minimum atomic E-state index is 0.475. The smallest absolute Gasteiger partial charge is 0.0389 e. The van der Waals surface area contributed by atoms with Crippen LogP contribution < -0.4 is 5.32 Å². The Morgan fingerprint density at radius 3 is 2.55 bits per heavy atom. The van der Waals surface area contributed by atoms with Crippen LogP contribution in [-0.4, -0.2) is 24.0 Å². The van der Waals surface area contributed by atoms with Crippen LogP contribution in [0.15, 0.2) is 55.1 Å². The Labute approximate surface area is 190 Å². The highest BCUT2D eigenvalue weighted by Gasteiger charge is 2.20. The topological polar surface area (TPSA) is 15.3 Å². The van der Waals surface area contributed by atoms with Crippen molar-refractivity contribution in [3.63, 3.8) is 0 Å². The lowest BCUT2D eigenvalue weighted by Gasteiger charge is -2.34. The van der Waals surface area contributed by atoms with Crippen molar-refractivity contribution in [2.24, 2.45) is 5.92 Å². The first-order chi connectivity index (χ1) is 15.1. The summed E-state index contributed by atoms with van der Waals surface area (Å²) in [6, 6.07) is 18.4. The third-order valence-electron chi connectivity index (χ3n) is 6.57. The summed E-state index contributed by atoms with van der Waals surface area (Å²) in [5, 5.41) is 3.76. The quantitative estimate of drug-likeness (QED) is 0.423. The van der Waals surface area contributed by atoms with Gasteiger partial charge in [-0.05, 0) is 61.4 Å². The van der Waals surface area contributed by atoms with E-state index in [1.165, 1.54) is 73.7 Å². The zero-order chi connectivity index (χ0) is 22.1. The molecule has 2 aromatic carbocycles. The van der Waals surface area contributed by atoms with Crippen molar-refractivity contribution in [1.29, 1.82) is 0 Å². The Morgan fingerprint density at radius 1 is 1.06 bits per heavy atom. The van der Waals surface area contributed by atoms with Crippen molar-refractivity contribution in [1.82, 2.24) is 10.2 Å². The van der Waals surface area contributed by atoms with E-state index in [4.69, 9.17) is 0 Å². The average molecular weight is 419 g/mol. The molecule has 2 heteroatoms. The van der Waals surface area contributed by atoms with Crippen LogP contribution >= 0.6 is 0 Å². The van der Waals surface area contributed by atoms with Crippen molar-refractivity contribution >= 4 is 5.70 Å². The maximum atomic E-state index is 4.40. The van der Waals surface area contributed by atoms with Crippen LogP contribution in [0.1, 0.15) is 74.6 Å². The molecule has 168 valence electrons. The molecule has 1 atom stereocenters. The van der Waals surface area contributed by atoms with Gasteiger partial charge in [0.25, 0.3) is 0 Å². The highest BCUT2D eigenvalue weighted by Crippen LogP contribution is 2.22. The van der Waals surface area contributed by atoms with Crippen LogP contribution in [0.2, 0.25) is 0 Å². The summed E-state index contributed by atoms with van der Waals surface area (Å²) < 4.78 is 0. The largest absolute Gasteiger partial charge is 0.381 e. The Hall–Kier alpha value is -2.06. The van der Waals surface area contributed by atoms with E-state index in [1.807, 2.05) is 0 Å². The van der Waals surface area contributed by atoms with Crippen molar-refractivity contribution in [3.8, 4) is 0 Å². The molecular weight excluding hydrogens is 376 g/mol. The molecule has 1 aliphatic heterocycles. The molecule has 1 fully saturated rings. The molecule has 1 aliphatic rings. The van der Waals surface area contributed by atoms with E-state index in [0.717, 1.165) is 24.7 Å². The molecule has 0 radical (unpaired) electrons. The number of piperidine rings is 1. The lowest BCUT2D eigenvalue weighted by molar-refractivity contribution is 0.192. The van der Waals surface area contributed by atoms with Crippen LogP contribution in [0.5, 0.6) is 0 Å². The number of likely N-dealkylation sites (tertiary alicyclic amines) is 1. The number of benzene rings is 2. The Morgan fingerprint density at radius 2 is 1.81 bits per heavy atom. The van der Waals surface area contributed by atoms with Crippen LogP contribution in [0.3, 0.4) is 0 Å². The summed E-state index contributed by atoms with van der Waals surface area (Å²) in [6.07, 6.45) is 8.87. The molecular formula is C29H42N2. The van der Waals surface area contributed by atoms with Gasteiger partial charge in [-0.1, -0.05) is 94.1 Å². The fraction of sp³-hybridized carbons (Fsp3) is 0.517. The van der Waals surface area contributed by atoms with Gasteiger partial charge in [-0.3, -0.25) is 4.90 Å². The molecule has 0 spiro atoms. The van der Waals surface area contributed by atoms with Gasteiger partial charge in [0, 0.05) is 24.8 Å². The maximum absolute atomic E-state index is 4.40. The first-order valence-electron chi connectivity index (χ1n) is 12.4. The predicted octanol–water partition coefficient (Wildman–Crippen LogP) is 6.98. The molecule has 0 bridgehead atoms. The van der Waals surface area contributed by atoms with E-state index in [-0.39, 0.29) is 0 Å². The summed E-state index contributed by atoms with van der Waals surface area (Å²) in [4.78, 5) is 2.58. The van der Waals surface area contributed by atoms with Crippen molar-refractivity contribution < 1.29 is 0 Å². The molecule has 2 nitrogen and oxygen atoms in total. The van der Waals surface area contributed by atoms with Crippen molar-refractivity contribution in [3.05, 3.63) is 77.4 Å². The molecule has 0 amide bonds. The summed E-state index contributed by atoms with van der Waals surface area (Å²) >= 11 is 0. The SMILES string of the molecule is C=C(NC1CCCN(Cc2cccc(C)c2)C1)c1cccc(CC(CCC)CCC)c1. The van der Waals surface area contributed by atoms with E-state index >= 15 is 0 Å². The first-order valence-corrected chi connectivity index (χ1v) is 12.4. The summed E-state index contributed by atoms with van der Waals surface area (Å²) in [6.45, 7) is 14.5. The van der Waals surface area contributed by atoms with Gasteiger partial charge in [-0.2, -0.15) is 0 Å². The molecule has 0 saturated carbocycles. The van der Waals surface area contributed by atoms with Crippen molar-refractivity contribution in [2.45, 2.75) is 78.3 Å². The first kappa shape index (κ1) is 23.6. The number of rotatable bonds is 11. The van der Waals surface area contributed by atoms with Crippen molar-refractivity contribution in [2.75, 3.05) is 13.1 Å². The van der Waals surface area contributed by atoms with Gasteiger partial charge in [0.15, 0.2) is 0 Å². The second-order valence-corrected chi connectivity index (χ2v) is 9.53. The highest BCUT2D eigenvalue weighted by molar-refractivity contribution is 5.62. The Balaban J connectivity index is 1.56. The summed E-state index contributed by atoms with van der Waals surface area (Å²) in [5.41, 5.74) is 6.54. The van der Waals surface area contributed by atoms with E-state index < -0.39 is 0 Å². The number of hydrogen-bond donors (Lipinski definition) is 1. The highest BCUT2D eigenvalue weighted by atomic mass is 15.2. The molecule has 0 aliphatic carbocycles. The minimum absolute atomic E-state index is 0.475. The maximum Gasteiger partial charge on any atom is 0.0389 e. The molecule has 1 N–H and O–H groups in total. The monoisotopic (exact) mass is 418 g/mol. The molecule has 1 unspecified atom stereocenters. The molecule has 0 aromatic heterocycles. The number of hydrogen-bond acceptors (Lipinski definition) is 2. The van der Waals surface area contributed by atoms with Crippen LogP contribution in [0.4, 0.5) is 0 Å². The van der Waals surface area contributed by atoms with E-state index in [9.17, 15) is 0 Å². The third kappa shape index (κ3) is 7.54. The van der Waals surface area contributed by atoms with Gasteiger partial charge in [0.1, 0.15) is 0 Å². The van der Waals surface area contributed by atoms with Gasteiger partial charge in [0.05, 0.1) is 0 Å². The minimum Gasteiger partial charge on any atom is -0.381 e. The van der Waals surface area contributed by atoms with Crippen LogP contribution in [0, 0.1) is 12.8 Å². The van der Waals surface area contributed by atoms with Crippen LogP contribution in [0.25, 0.3) is 5.70 Å². The summed E-state index contributed by atoms with van der Waals surface area (Å²) in [5.74, 6) is 0.806. The van der Waals surface area contributed by atoms with Crippen LogP contribution in [-0.2, 0) is 13.0 Å². The normalized spacial score (nSPS) is 17.1. The second kappa shape index (κ2) is 12.1. The van der Waals surface area contributed by atoms with E-state index in [1.54, 1.807) is 0 Å². The average Bonchev–Trinajstić information content (AvgIpc) is 2.75. The number of nitrogens with zero attached hydrogens (tertiary/aromatic N) is 1. The van der Waals surface area contributed by atoms with Gasteiger partial charge >= 0.3 is 0 Å². The Bertz CT molecular complexity index is 819. The van der Waals surface area contributed by atoms with E-state index in [2.05, 4.69) is 86.1 Å². The fourth-order valence-electron chi connectivity index (χ4n) is 5.10. The Kier molecular flexibility index (Phi) is 9.21. The van der Waals surface area contributed by atoms with Gasteiger partial charge in [-0.15, -0.1) is 0 Å². The molecule has 3 rings (SSSR count). The predicted molar refractivity (Wildman–Crippen MR) is 135 cm³/mol. The third-order valence-corrected chi connectivity index (χ3v) is 6.57. The lowest BCUT2D eigenvalue weighted by Crippen LogP contribution is -2.44. The second-order valence-electron chi connectivity index (χ2n) is 9.53. The van der Waals surface area contributed by atoms with Gasteiger partial charge < -0.3 is 5.32 Å². The standard InChI is InChI=1S/C29H42N2/c1-5-10-25(11-6-2)19-26-13-8-15-28(20-26)24(4)30-29-16-9-17-31(22-29)21-27-14-7-12-23(3)18-27/h7-8,12-15,18,20,25,29-30H,4-6,9-11,16-17,19,21-22H2,1-3H3. The van der Waals surface area contributed by atoms with Gasteiger partial charge in [0.2, 0.25) is 0 Å². The zero-order valence-electron chi connectivity index (χ0n) is 20.0. The molecule has 2 aromatic rings. The van der Waals surface area contributed by atoms with E-state index in [0.29, 0.717) is 6.04 Å². The number of aryl methyl sites for hydroxylation is 1. The van der Waals surface area contributed by atoms with Gasteiger partial charge in [-0.25, -0.2) is 0 Å². The summed E-state index contributed by atoms with van der Waals surface area (Å²) in [7, 11) is 0. The molecule has 1 heterocycles. The fourth-order valence-corrected chi connectivity index (χ4v) is 5.10. The molecule has 1 saturated heterocycles. The molecule has 31 heavy (non-hydrogen) atoms. The zero-order valence-corrected chi connectivity index (χ0v) is 20.0.